The summed E-state index contributed by atoms with van der Waals surface area (Å²) < 4.78 is 6.13. The molecule has 3 unspecified atom stereocenters. The first-order chi connectivity index (χ1) is 16.2. The number of aromatic hydroxyl groups is 1. The first-order valence-electron chi connectivity index (χ1n) is 12.5. The van der Waals surface area contributed by atoms with Gasteiger partial charge in [0, 0.05) is 48.5 Å². The van der Waals surface area contributed by atoms with Crippen LogP contribution in [0.2, 0.25) is 0 Å². The van der Waals surface area contributed by atoms with Crippen LogP contribution in [0.3, 0.4) is 0 Å². The Kier molecular flexibility index (Phi) is 10.1. The standard InChI is InChI=1S/C24H40N6O2.C2H6/c1-16(32-12-11-28-4)24(2,3)30-17-9-10-18(30)15-29(14-17)21(23(26)27)13-20(25)19-7-5-6-8-22(19)31;1-2/h5-8,13,16-18,28,31H,9-12,14-15,25-27H2,1-4H3;1-2H3/b20-13-;. The number of phenols is 1. The Morgan fingerprint density at radius 2 is 1.76 bits per heavy atom. The zero-order chi connectivity index (χ0) is 25.5. The van der Waals surface area contributed by atoms with Crippen LogP contribution in [-0.4, -0.2) is 71.9 Å². The number of para-hydroxylation sites is 1. The largest absolute Gasteiger partial charge is 0.507 e. The van der Waals surface area contributed by atoms with Crippen LogP contribution in [0.5, 0.6) is 5.75 Å². The summed E-state index contributed by atoms with van der Waals surface area (Å²) in [6, 6.07) is 7.77. The van der Waals surface area contributed by atoms with E-state index in [9.17, 15) is 5.11 Å². The molecule has 2 aliphatic heterocycles. The predicted octanol–water partition coefficient (Wildman–Crippen LogP) is 2.36. The molecule has 0 radical (unpaired) electrons. The zero-order valence-electron chi connectivity index (χ0n) is 21.8. The molecule has 8 N–H and O–H groups in total. The van der Waals surface area contributed by atoms with Crippen molar-refractivity contribution in [2.45, 2.75) is 71.2 Å². The molecule has 0 amide bonds. The topological polar surface area (TPSA) is 126 Å². The fourth-order valence-electron chi connectivity index (χ4n) is 5.09. The van der Waals surface area contributed by atoms with Crippen LogP contribution >= 0.6 is 0 Å². The highest BCUT2D eigenvalue weighted by molar-refractivity contribution is 5.69. The van der Waals surface area contributed by atoms with E-state index >= 15 is 0 Å². The number of likely N-dealkylation sites (N-methyl/N-ethyl adjacent to an activating group) is 1. The van der Waals surface area contributed by atoms with Crippen molar-refractivity contribution in [3.8, 4) is 5.75 Å². The number of nitrogens with zero attached hydrogens (tertiary/aromatic N) is 2. The van der Waals surface area contributed by atoms with Crippen LogP contribution in [-0.2, 0) is 4.74 Å². The minimum Gasteiger partial charge on any atom is -0.507 e. The molecule has 34 heavy (non-hydrogen) atoms. The zero-order valence-corrected chi connectivity index (χ0v) is 21.8. The molecule has 2 aliphatic rings. The van der Waals surface area contributed by atoms with Crippen molar-refractivity contribution in [3.63, 3.8) is 0 Å². The van der Waals surface area contributed by atoms with Crippen molar-refractivity contribution in [3.05, 3.63) is 47.4 Å². The molecule has 0 aliphatic carbocycles. The van der Waals surface area contributed by atoms with E-state index < -0.39 is 0 Å². The third-order valence-corrected chi connectivity index (χ3v) is 7.01. The van der Waals surface area contributed by atoms with Gasteiger partial charge in [-0.1, -0.05) is 26.0 Å². The van der Waals surface area contributed by atoms with Gasteiger partial charge < -0.3 is 37.3 Å². The molecule has 8 nitrogen and oxygen atoms in total. The molecule has 3 atom stereocenters. The van der Waals surface area contributed by atoms with Gasteiger partial charge in [-0.15, -0.1) is 0 Å². The number of nitrogens with two attached hydrogens (primary N) is 3. The average molecular weight is 475 g/mol. The van der Waals surface area contributed by atoms with E-state index in [4.69, 9.17) is 21.9 Å². The van der Waals surface area contributed by atoms with Gasteiger partial charge in [-0.3, -0.25) is 4.90 Å². The molecule has 2 fully saturated rings. The minimum atomic E-state index is -0.0888. The SMILES string of the molecule is CC.CNCCOC(C)C(C)(C)N1C2CCC1CN(C(/C=C(\N)c1ccccc1O)=C(N)N)C2. The van der Waals surface area contributed by atoms with Crippen LogP contribution in [0.25, 0.3) is 5.70 Å². The van der Waals surface area contributed by atoms with Gasteiger partial charge in [0.15, 0.2) is 0 Å². The van der Waals surface area contributed by atoms with Gasteiger partial charge >= 0.3 is 0 Å². The second-order valence-corrected chi connectivity index (χ2v) is 9.42. The number of hydrogen-bond acceptors (Lipinski definition) is 8. The highest BCUT2D eigenvalue weighted by atomic mass is 16.5. The van der Waals surface area contributed by atoms with Crippen LogP contribution < -0.4 is 22.5 Å². The number of phenolic OH excluding ortho intramolecular Hbond substituents is 1. The van der Waals surface area contributed by atoms with E-state index in [1.807, 2.05) is 27.0 Å². The molecule has 1 aromatic rings. The van der Waals surface area contributed by atoms with Crippen molar-refractivity contribution < 1.29 is 9.84 Å². The summed E-state index contributed by atoms with van der Waals surface area (Å²) in [6.45, 7) is 13.9. The summed E-state index contributed by atoms with van der Waals surface area (Å²) in [7, 11) is 1.94. The molecular weight excluding hydrogens is 428 g/mol. The van der Waals surface area contributed by atoms with Crippen LogP contribution in [0.1, 0.15) is 53.0 Å². The maximum atomic E-state index is 10.2. The van der Waals surface area contributed by atoms with E-state index in [2.05, 4.69) is 35.9 Å². The number of fused-ring (bicyclic) bond motifs is 2. The lowest BCUT2D eigenvalue weighted by Gasteiger charge is -2.52. The van der Waals surface area contributed by atoms with Crippen molar-refractivity contribution >= 4 is 5.70 Å². The second-order valence-electron chi connectivity index (χ2n) is 9.42. The van der Waals surface area contributed by atoms with Crippen molar-refractivity contribution in [1.82, 2.24) is 15.1 Å². The number of nitrogens with one attached hydrogen (secondary N) is 1. The molecular formula is C26H46N6O2. The van der Waals surface area contributed by atoms with Gasteiger partial charge in [-0.05, 0) is 58.9 Å². The lowest BCUT2D eigenvalue weighted by atomic mass is 9.92. The van der Waals surface area contributed by atoms with Gasteiger partial charge in [-0.2, -0.15) is 0 Å². The van der Waals surface area contributed by atoms with Crippen molar-refractivity contribution in [1.29, 1.82) is 0 Å². The minimum absolute atomic E-state index is 0.0888. The number of rotatable bonds is 9. The molecule has 2 heterocycles. The van der Waals surface area contributed by atoms with Crippen LogP contribution in [0, 0.1) is 0 Å². The van der Waals surface area contributed by atoms with Crippen LogP contribution in [0.15, 0.2) is 41.9 Å². The average Bonchev–Trinajstić information content (AvgIpc) is 3.10. The third-order valence-electron chi connectivity index (χ3n) is 7.01. The molecule has 2 bridgehead atoms. The Hall–Kier alpha value is -2.42. The third kappa shape index (κ3) is 6.17. The molecule has 192 valence electrons. The van der Waals surface area contributed by atoms with Gasteiger partial charge in [0.1, 0.15) is 11.6 Å². The van der Waals surface area contributed by atoms with E-state index in [1.54, 1.807) is 24.3 Å². The Morgan fingerprint density at radius 1 is 1.18 bits per heavy atom. The fourth-order valence-corrected chi connectivity index (χ4v) is 5.09. The Labute approximate surface area is 205 Å². The maximum Gasteiger partial charge on any atom is 0.124 e. The molecule has 0 saturated carbocycles. The smallest absolute Gasteiger partial charge is 0.124 e. The van der Waals surface area contributed by atoms with E-state index in [0.29, 0.717) is 30.0 Å². The number of hydrogen-bond donors (Lipinski definition) is 5. The number of piperazine rings is 1. The van der Waals surface area contributed by atoms with Gasteiger partial charge in [-0.25, -0.2) is 0 Å². The van der Waals surface area contributed by atoms with Crippen molar-refractivity contribution in [2.24, 2.45) is 17.2 Å². The van der Waals surface area contributed by atoms with Gasteiger partial charge in [0.05, 0.1) is 18.4 Å². The summed E-state index contributed by atoms with van der Waals surface area (Å²) in [5.74, 6) is 0.370. The molecule has 0 aromatic heterocycles. The molecule has 1 aromatic carbocycles. The van der Waals surface area contributed by atoms with E-state index in [0.717, 1.165) is 38.2 Å². The summed E-state index contributed by atoms with van der Waals surface area (Å²) in [6.07, 6.45) is 4.15. The number of likely N-dealkylation sites (tertiary alicyclic amines) is 1. The first-order valence-corrected chi connectivity index (χ1v) is 12.5. The first kappa shape index (κ1) is 27.8. The highest BCUT2D eigenvalue weighted by Gasteiger charge is 2.49. The number of allylic oxidation sites excluding steroid dienone is 1. The summed E-state index contributed by atoms with van der Waals surface area (Å²) in [5.41, 5.74) is 20.1. The predicted molar refractivity (Wildman–Crippen MR) is 141 cm³/mol. The van der Waals surface area contributed by atoms with Gasteiger partial charge in [0.2, 0.25) is 0 Å². The van der Waals surface area contributed by atoms with E-state index in [-0.39, 0.29) is 23.2 Å². The Morgan fingerprint density at radius 3 is 2.29 bits per heavy atom. The highest BCUT2D eigenvalue weighted by Crippen LogP contribution is 2.39. The molecule has 3 rings (SSSR count). The molecule has 0 spiro atoms. The summed E-state index contributed by atoms with van der Waals surface area (Å²) >= 11 is 0. The molecule has 2 saturated heterocycles. The summed E-state index contributed by atoms with van der Waals surface area (Å²) in [4.78, 5) is 4.87. The van der Waals surface area contributed by atoms with E-state index in [1.165, 1.54) is 0 Å². The second kappa shape index (κ2) is 12.3. The maximum absolute atomic E-state index is 10.2. The Bertz CT molecular complexity index is 835. The van der Waals surface area contributed by atoms with Crippen LogP contribution in [0.4, 0.5) is 0 Å². The number of benzene rings is 1. The van der Waals surface area contributed by atoms with Crippen molar-refractivity contribution in [2.75, 3.05) is 33.3 Å². The van der Waals surface area contributed by atoms with Gasteiger partial charge in [0.25, 0.3) is 0 Å². The lowest BCUT2D eigenvalue weighted by molar-refractivity contribution is -0.0843. The quantitative estimate of drug-likeness (QED) is 0.273. The normalized spacial score (nSPS) is 21.6. The lowest BCUT2D eigenvalue weighted by Crippen LogP contribution is -2.64. The fraction of sp³-hybridized carbons (Fsp3) is 0.615. The molecule has 8 heteroatoms. The Balaban J connectivity index is 0.00000199. The summed E-state index contributed by atoms with van der Waals surface area (Å²) in [5, 5.41) is 13.3. The number of ether oxygens (including phenoxy) is 1. The monoisotopic (exact) mass is 474 g/mol.